The van der Waals surface area contributed by atoms with Gasteiger partial charge in [-0.3, -0.25) is 4.79 Å². The number of carbonyl (C=O) groups excluding carboxylic acids is 1. The van der Waals surface area contributed by atoms with E-state index < -0.39 is 0 Å². The molecule has 1 aromatic rings. The number of piperidine rings is 1. The molecule has 6 heteroatoms. The third-order valence-corrected chi connectivity index (χ3v) is 6.18. The van der Waals surface area contributed by atoms with Crippen LogP contribution in [0.25, 0.3) is 0 Å². The number of ether oxygens (including phenoxy) is 3. The van der Waals surface area contributed by atoms with Gasteiger partial charge in [0.15, 0.2) is 0 Å². The van der Waals surface area contributed by atoms with Crippen LogP contribution in [0.3, 0.4) is 0 Å². The van der Waals surface area contributed by atoms with E-state index in [1.807, 2.05) is 23.1 Å². The Labute approximate surface area is 167 Å². The molecule has 3 saturated heterocycles. The third-order valence-electron chi connectivity index (χ3n) is 6.18. The molecule has 154 valence electrons. The van der Waals surface area contributed by atoms with Gasteiger partial charge in [0.1, 0.15) is 17.6 Å². The van der Waals surface area contributed by atoms with E-state index in [-0.39, 0.29) is 12.0 Å². The predicted molar refractivity (Wildman–Crippen MR) is 107 cm³/mol. The van der Waals surface area contributed by atoms with Crippen molar-refractivity contribution in [2.24, 2.45) is 5.92 Å². The summed E-state index contributed by atoms with van der Waals surface area (Å²) < 4.78 is 17.2. The smallest absolute Gasteiger partial charge is 0.257 e. The maximum atomic E-state index is 12.9. The SMILES string of the molecule is COc1ccc(C(=O)N2CCCC2)c(OC2CCN(C[C@@H]3CCOC3)CC2)c1. The molecule has 6 nitrogen and oxygen atoms in total. The summed E-state index contributed by atoms with van der Waals surface area (Å²) in [7, 11) is 1.65. The standard InChI is InChI=1S/C22H32N2O4/c1-26-19-4-5-20(22(25)24-9-2-3-10-24)21(14-19)28-18-6-11-23(12-7-18)15-17-8-13-27-16-17/h4-5,14,17-18H,2-3,6-13,15-16H2,1H3/t17-/m0/s1. The number of amides is 1. The summed E-state index contributed by atoms with van der Waals surface area (Å²) in [6, 6.07) is 5.57. The number of methoxy groups -OCH3 is 1. The fourth-order valence-corrected chi connectivity index (χ4v) is 4.48. The molecule has 0 spiro atoms. The van der Waals surface area contributed by atoms with E-state index in [1.165, 1.54) is 6.42 Å². The maximum Gasteiger partial charge on any atom is 0.257 e. The summed E-state index contributed by atoms with van der Waals surface area (Å²) in [6.45, 7) is 6.71. The van der Waals surface area contributed by atoms with Crippen LogP contribution in [0.5, 0.6) is 11.5 Å². The summed E-state index contributed by atoms with van der Waals surface area (Å²) in [5.41, 5.74) is 0.660. The van der Waals surface area contributed by atoms with Crippen molar-refractivity contribution in [1.82, 2.24) is 9.80 Å². The highest BCUT2D eigenvalue weighted by molar-refractivity contribution is 5.97. The van der Waals surface area contributed by atoms with Gasteiger partial charge in [-0.2, -0.15) is 0 Å². The Hall–Kier alpha value is -1.79. The van der Waals surface area contributed by atoms with E-state index in [1.54, 1.807) is 7.11 Å². The van der Waals surface area contributed by atoms with Crippen molar-refractivity contribution in [3.05, 3.63) is 23.8 Å². The van der Waals surface area contributed by atoms with Gasteiger partial charge in [-0.1, -0.05) is 0 Å². The van der Waals surface area contributed by atoms with Gasteiger partial charge >= 0.3 is 0 Å². The lowest BCUT2D eigenvalue weighted by Gasteiger charge is -2.33. The van der Waals surface area contributed by atoms with Gasteiger partial charge in [-0.25, -0.2) is 0 Å². The van der Waals surface area contributed by atoms with E-state index in [2.05, 4.69) is 4.90 Å². The second kappa shape index (κ2) is 9.14. The van der Waals surface area contributed by atoms with Gasteiger partial charge in [-0.05, 0) is 50.2 Å². The molecule has 4 rings (SSSR count). The van der Waals surface area contributed by atoms with Gasteiger partial charge in [0.2, 0.25) is 0 Å². The zero-order valence-electron chi connectivity index (χ0n) is 16.9. The average molecular weight is 389 g/mol. The van der Waals surface area contributed by atoms with Crippen molar-refractivity contribution in [3.8, 4) is 11.5 Å². The summed E-state index contributed by atoms with van der Waals surface area (Å²) in [5.74, 6) is 2.15. The highest BCUT2D eigenvalue weighted by Crippen LogP contribution is 2.30. The van der Waals surface area contributed by atoms with Gasteiger partial charge in [-0.15, -0.1) is 0 Å². The van der Waals surface area contributed by atoms with Crippen LogP contribution in [-0.4, -0.2) is 74.9 Å². The topological polar surface area (TPSA) is 51.2 Å². The molecule has 0 aromatic heterocycles. The molecule has 3 aliphatic rings. The Bertz CT molecular complexity index is 661. The number of benzene rings is 1. The highest BCUT2D eigenvalue weighted by Gasteiger charge is 2.27. The number of nitrogens with zero attached hydrogens (tertiary/aromatic N) is 2. The van der Waals surface area contributed by atoms with E-state index in [0.29, 0.717) is 17.2 Å². The molecule has 28 heavy (non-hydrogen) atoms. The van der Waals surface area contributed by atoms with Crippen LogP contribution in [0, 0.1) is 5.92 Å². The summed E-state index contributed by atoms with van der Waals surface area (Å²) in [6.07, 6.45) is 5.48. The Kier molecular flexibility index (Phi) is 6.37. The highest BCUT2D eigenvalue weighted by atomic mass is 16.5. The molecule has 0 radical (unpaired) electrons. The molecule has 3 fully saturated rings. The molecule has 3 heterocycles. The lowest BCUT2D eigenvalue weighted by atomic mass is 10.0. The molecule has 1 atom stereocenters. The summed E-state index contributed by atoms with van der Waals surface area (Å²) in [4.78, 5) is 17.4. The zero-order chi connectivity index (χ0) is 19.3. The molecule has 3 aliphatic heterocycles. The van der Waals surface area contributed by atoms with Crippen molar-refractivity contribution >= 4 is 5.91 Å². The Morgan fingerprint density at radius 3 is 2.61 bits per heavy atom. The van der Waals surface area contributed by atoms with E-state index in [4.69, 9.17) is 14.2 Å². The molecule has 0 bridgehead atoms. The first kappa shape index (κ1) is 19.5. The van der Waals surface area contributed by atoms with Crippen LogP contribution < -0.4 is 9.47 Å². The summed E-state index contributed by atoms with van der Waals surface area (Å²) in [5, 5.41) is 0. The molecule has 0 unspecified atom stereocenters. The Balaban J connectivity index is 1.38. The fraction of sp³-hybridized carbons (Fsp3) is 0.682. The first-order valence-corrected chi connectivity index (χ1v) is 10.7. The number of carbonyl (C=O) groups is 1. The predicted octanol–water partition coefficient (Wildman–Crippen LogP) is 2.81. The van der Waals surface area contributed by atoms with Crippen molar-refractivity contribution < 1.29 is 19.0 Å². The molecule has 0 aliphatic carbocycles. The summed E-state index contributed by atoms with van der Waals surface area (Å²) >= 11 is 0. The van der Waals surface area contributed by atoms with E-state index in [9.17, 15) is 4.79 Å². The van der Waals surface area contributed by atoms with Crippen LogP contribution in [-0.2, 0) is 4.74 Å². The van der Waals surface area contributed by atoms with Gasteiger partial charge in [0.25, 0.3) is 5.91 Å². The van der Waals surface area contributed by atoms with Crippen molar-refractivity contribution in [3.63, 3.8) is 0 Å². The van der Waals surface area contributed by atoms with Crippen LogP contribution >= 0.6 is 0 Å². The zero-order valence-corrected chi connectivity index (χ0v) is 16.9. The minimum absolute atomic E-state index is 0.0776. The third kappa shape index (κ3) is 4.61. The average Bonchev–Trinajstić information content (AvgIpc) is 3.43. The number of hydrogen-bond donors (Lipinski definition) is 0. The lowest BCUT2D eigenvalue weighted by molar-refractivity contribution is 0.0754. The maximum absolute atomic E-state index is 12.9. The number of likely N-dealkylation sites (tertiary alicyclic amines) is 2. The molecule has 0 saturated carbocycles. The number of hydrogen-bond acceptors (Lipinski definition) is 5. The van der Waals surface area contributed by atoms with E-state index in [0.717, 1.165) is 77.4 Å². The largest absolute Gasteiger partial charge is 0.497 e. The van der Waals surface area contributed by atoms with Crippen LogP contribution in [0.4, 0.5) is 0 Å². The quantitative estimate of drug-likeness (QED) is 0.750. The Morgan fingerprint density at radius 1 is 1.14 bits per heavy atom. The van der Waals surface area contributed by atoms with E-state index >= 15 is 0 Å². The van der Waals surface area contributed by atoms with Crippen LogP contribution in [0.2, 0.25) is 0 Å². The second-order valence-corrected chi connectivity index (χ2v) is 8.21. The van der Waals surface area contributed by atoms with Crippen molar-refractivity contribution in [2.75, 3.05) is 53.0 Å². The Morgan fingerprint density at radius 2 is 1.93 bits per heavy atom. The first-order chi connectivity index (χ1) is 13.7. The van der Waals surface area contributed by atoms with Gasteiger partial charge in [0, 0.05) is 45.4 Å². The molecule has 1 amide bonds. The molecule has 1 aromatic carbocycles. The minimum atomic E-state index is 0.0776. The fourth-order valence-electron chi connectivity index (χ4n) is 4.48. The molecular weight excluding hydrogens is 356 g/mol. The normalized spacial score (nSPS) is 23.9. The first-order valence-electron chi connectivity index (χ1n) is 10.7. The van der Waals surface area contributed by atoms with Gasteiger partial charge in [0.05, 0.1) is 19.3 Å². The van der Waals surface area contributed by atoms with Crippen molar-refractivity contribution in [1.29, 1.82) is 0 Å². The number of rotatable bonds is 6. The lowest BCUT2D eigenvalue weighted by Crippen LogP contribution is -2.41. The van der Waals surface area contributed by atoms with Crippen LogP contribution in [0.15, 0.2) is 18.2 Å². The minimum Gasteiger partial charge on any atom is -0.497 e. The monoisotopic (exact) mass is 388 g/mol. The van der Waals surface area contributed by atoms with Gasteiger partial charge < -0.3 is 24.0 Å². The molecule has 0 N–H and O–H groups in total. The van der Waals surface area contributed by atoms with Crippen molar-refractivity contribution in [2.45, 2.75) is 38.2 Å². The molecular formula is C22H32N2O4. The van der Waals surface area contributed by atoms with Crippen LogP contribution in [0.1, 0.15) is 42.5 Å². The second-order valence-electron chi connectivity index (χ2n) is 8.21.